The molecule has 3 heterocycles. The quantitative estimate of drug-likeness (QED) is 0.459. The Balaban J connectivity index is 1.16. The highest BCUT2D eigenvalue weighted by Gasteiger charge is 2.22. The molecule has 0 bridgehead atoms. The zero-order valence-corrected chi connectivity index (χ0v) is 18.4. The van der Waals surface area contributed by atoms with Crippen molar-refractivity contribution in [1.29, 1.82) is 0 Å². The Morgan fingerprint density at radius 2 is 1.94 bits per heavy atom. The van der Waals surface area contributed by atoms with Gasteiger partial charge in [0.1, 0.15) is 5.01 Å². The average Bonchev–Trinajstić information content (AvgIpc) is 3.31. The summed E-state index contributed by atoms with van der Waals surface area (Å²) in [7, 11) is 0. The van der Waals surface area contributed by atoms with Crippen molar-refractivity contribution in [3.8, 4) is 0 Å². The number of hydrogen-bond donors (Lipinski definition) is 0. The molecule has 0 saturated carbocycles. The Morgan fingerprint density at radius 3 is 2.74 bits per heavy atom. The first-order valence-electron chi connectivity index (χ1n) is 10.2. The van der Waals surface area contributed by atoms with Crippen molar-refractivity contribution in [3.63, 3.8) is 0 Å². The number of oxazole rings is 1. The fraction of sp³-hybridized carbons (Fsp3) is 0.318. The van der Waals surface area contributed by atoms with E-state index < -0.39 is 5.76 Å². The summed E-state index contributed by atoms with van der Waals surface area (Å²) in [5, 5.41) is 1.61. The number of fused-ring (bicyclic) bond motifs is 2. The monoisotopic (exact) mass is 456 g/mol. The highest BCUT2D eigenvalue weighted by molar-refractivity contribution is 7.18. The highest BCUT2D eigenvalue weighted by atomic mass is 35.5. The molecular formula is C22H21ClN4O3S. The maximum Gasteiger partial charge on any atom is 0.419 e. The molecule has 4 aromatic rings. The Labute approximate surface area is 187 Å². The molecule has 31 heavy (non-hydrogen) atoms. The van der Waals surface area contributed by atoms with Crippen LogP contribution in [0.3, 0.4) is 0 Å². The summed E-state index contributed by atoms with van der Waals surface area (Å²) < 4.78 is 7.93. The summed E-state index contributed by atoms with van der Waals surface area (Å²) in [6.07, 6.45) is 0.259. The number of carbonyl (C=O) groups is 1. The topological polar surface area (TPSA) is 71.6 Å². The third-order valence-electron chi connectivity index (χ3n) is 5.60. The number of halogens is 1. The van der Waals surface area contributed by atoms with Crippen molar-refractivity contribution < 1.29 is 9.21 Å². The lowest BCUT2D eigenvalue weighted by Crippen LogP contribution is -2.48. The molecule has 7 nitrogen and oxygen atoms in total. The van der Waals surface area contributed by atoms with E-state index in [1.807, 2.05) is 23.1 Å². The first-order chi connectivity index (χ1) is 15.1. The van der Waals surface area contributed by atoms with E-state index in [4.69, 9.17) is 21.0 Å². The molecule has 1 saturated heterocycles. The van der Waals surface area contributed by atoms with Crippen molar-refractivity contribution in [2.24, 2.45) is 0 Å². The van der Waals surface area contributed by atoms with Gasteiger partial charge in [-0.2, -0.15) is 0 Å². The number of rotatable bonds is 5. The molecule has 1 fully saturated rings. The number of aryl methyl sites for hydroxylation is 1. The van der Waals surface area contributed by atoms with Gasteiger partial charge in [-0.1, -0.05) is 23.7 Å². The lowest BCUT2D eigenvalue weighted by Gasteiger charge is -2.34. The van der Waals surface area contributed by atoms with Gasteiger partial charge in [-0.05, 0) is 24.3 Å². The molecule has 0 radical (unpaired) electrons. The van der Waals surface area contributed by atoms with Crippen molar-refractivity contribution in [1.82, 2.24) is 19.4 Å². The van der Waals surface area contributed by atoms with Crippen LogP contribution in [0.5, 0.6) is 0 Å². The van der Waals surface area contributed by atoms with E-state index >= 15 is 0 Å². The van der Waals surface area contributed by atoms with Crippen LogP contribution >= 0.6 is 22.9 Å². The minimum Gasteiger partial charge on any atom is -0.408 e. The molecule has 0 spiro atoms. The van der Waals surface area contributed by atoms with Crippen LogP contribution in [-0.2, 0) is 17.9 Å². The second-order valence-corrected chi connectivity index (χ2v) is 9.17. The second-order valence-electron chi connectivity index (χ2n) is 7.61. The van der Waals surface area contributed by atoms with Crippen molar-refractivity contribution in [2.45, 2.75) is 19.5 Å². The van der Waals surface area contributed by atoms with Gasteiger partial charge < -0.3 is 9.32 Å². The van der Waals surface area contributed by atoms with Crippen LogP contribution in [0.25, 0.3) is 21.3 Å². The fourth-order valence-electron chi connectivity index (χ4n) is 3.95. The molecule has 2 aromatic heterocycles. The van der Waals surface area contributed by atoms with Gasteiger partial charge >= 0.3 is 5.76 Å². The van der Waals surface area contributed by atoms with Crippen LogP contribution in [0.1, 0.15) is 11.4 Å². The molecule has 0 atom stereocenters. The van der Waals surface area contributed by atoms with Gasteiger partial charge in [0, 0.05) is 50.2 Å². The van der Waals surface area contributed by atoms with E-state index in [0.717, 1.165) is 30.2 Å². The molecule has 9 heteroatoms. The zero-order chi connectivity index (χ0) is 21.4. The third kappa shape index (κ3) is 4.23. The first kappa shape index (κ1) is 20.2. The standard InChI is InChI=1S/C22H21ClN4O3S/c23-15-5-6-17-18(13-15)30-22(29)27(17)8-7-21(28)26-11-9-25(10-12-26)14-20-24-16-3-1-2-4-19(16)31-20/h1-6,13H,7-12,14H2. The van der Waals surface area contributed by atoms with Crippen LogP contribution in [0, 0.1) is 0 Å². The first-order valence-corrected chi connectivity index (χ1v) is 11.4. The summed E-state index contributed by atoms with van der Waals surface area (Å²) in [5.74, 6) is -0.416. The predicted octanol–water partition coefficient (Wildman–Crippen LogP) is 3.59. The van der Waals surface area contributed by atoms with Gasteiger partial charge in [0.05, 0.1) is 22.3 Å². The highest BCUT2D eigenvalue weighted by Crippen LogP contribution is 2.23. The number of hydrogen-bond acceptors (Lipinski definition) is 6. The van der Waals surface area contributed by atoms with E-state index in [2.05, 4.69) is 11.0 Å². The Kier molecular flexibility index (Phi) is 5.52. The number of para-hydroxylation sites is 1. The Morgan fingerprint density at radius 1 is 1.13 bits per heavy atom. The number of nitrogens with zero attached hydrogens (tertiary/aromatic N) is 4. The van der Waals surface area contributed by atoms with Crippen LogP contribution in [0.2, 0.25) is 5.02 Å². The molecule has 0 aliphatic carbocycles. The molecule has 5 rings (SSSR count). The van der Waals surface area contributed by atoms with Gasteiger partial charge in [-0.15, -0.1) is 11.3 Å². The molecule has 1 aliphatic heterocycles. The third-order valence-corrected chi connectivity index (χ3v) is 6.86. The van der Waals surface area contributed by atoms with Gasteiger partial charge in [-0.25, -0.2) is 9.78 Å². The predicted molar refractivity (Wildman–Crippen MR) is 122 cm³/mol. The maximum absolute atomic E-state index is 12.7. The lowest BCUT2D eigenvalue weighted by molar-refractivity contribution is -0.133. The number of amides is 1. The summed E-state index contributed by atoms with van der Waals surface area (Å²) in [5.41, 5.74) is 2.14. The van der Waals surface area contributed by atoms with Crippen LogP contribution in [0.15, 0.2) is 51.7 Å². The van der Waals surface area contributed by atoms with Crippen LogP contribution < -0.4 is 5.76 Å². The molecule has 2 aromatic carbocycles. The summed E-state index contributed by atoms with van der Waals surface area (Å²) >= 11 is 7.68. The van der Waals surface area contributed by atoms with E-state index in [1.165, 1.54) is 9.27 Å². The smallest absolute Gasteiger partial charge is 0.408 e. The number of benzene rings is 2. The Bertz CT molecular complexity index is 1270. The molecule has 0 unspecified atom stereocenters. The van der Waals surface area contributed by atoms with E-state index in [0.29, 0.717) is 29.2 Å². The number of thiazole rings is 1. The van der Waals surface area contributed by atoms with Crippen molar-refractivity contribution in [3.05, 3.63) is 63.0 Å². The van der Waals surface area contributed by atoms with Gasteiger partial charge in [0.25, 0.3) is 0 Å². The average molecular weight is 457 g/mol. The summed E-state index contributed by atoms with van der Waals surface area (Å²) in [4.78, 5) is 33.8. The van der Waals surface area contributed by atoms with Gasteiger partial charge in [-0.3, -0.25) is 14.3 Å². The summed E-state index contributed by atoms with van der Waals surface area (Å²) in [6, 6.07) is 13.2. The molecule has 1 amide bonds. The van der Waals surface area contributed by atoms with Gasteiger partial charge in [0.2, 0.25) is 5.91 Å². The normalized spacial score (nSPS) is 15.2. The fourth-order valence-corrected chi connectivity index (χ4v) is 5.12. The largest absolute Gasteiger partial charge is 0.419 e. The van der Waals surface area contributed by atoms with Crippen LogP contribution in [0.4, 0.5) is 0 Å². The zero-order valence-electron chi connectivity index (χ0n) is 16.8. The second kappa shape index (κ2) is 8.45. The van der Waals surface area contributed by atoms with Crippen LogP contribution in [-0.4, -0.2) is 51.4 Å². The number of piperazine rings is 1. The molecule has 160 valence electrons. The maximum atomic E-state index is 12.7. The SMILES string of the molecule is O=C(CCn1c(=O)oc2cc(Cl)ccc21)N1CCN(Cc2nc3ccccc3s2)CC1. The molecular weight excluding hydrogens is 436 g/mol. The van der Waals surface area contributed by atoms with E-state index in [-0.39, 0.29) is 18.9 Å². The van der Waals surface area contributed by atoms with Gasteiger partial charge in [0.15, 0.2) is 5.58 Å². The minimum absolute atomic E-state index is 0.0508. The molecule has 1 aliphatic rings. The summed E-state index contributed by atoms with van der Waals surface area (Å²) in [6.45, 7) is 4.09. The molecule has 0 N–H and O–H groups in total. The Hall–Kier alpha value is -2.68. The number of carbonyl (C=O) groups excluding carboxylic acids is 1. The number of aromatic nitrogens is 2. The van der Waals surface area contributed by atoms with Crippen molar-refractivity contribution in [2.75, 3.05) is 26.2 Å². The van der Waals surface area contributed by atoms with E-state index in [1.54, 1.807) is 29.5 Å². The van der Waals surface area contributed by atoms with E-state index in [9.17, 15) is 9.59 Å². The lowest BCUT2D eigenvalue weighted by atomic mass is 10.2. The minimum atomic E-state index is -0.467. The van der Waals surface area contributed by atoms with Crippen molar-refractivity contribution >= 4 is 50.2 Å².